The number of nitrogens with one attached hydrogen (secondary N) is 3. The third kappa shape index (κ3) is 3.99. The molecule has 0 spiro atoms. The summed E-state index contributed by atoms with van der Waals surface area (Å²) >= 11 is 1.62. The quantitative estimate of drug-likeness (QED) is 0.420. The van der Waals surface area contributed by atoms with Gasteiger partial charge in [-0.2, -0.15) is 5.10 Å². The van der Waals surface area contributed by atoms with Gasteiger partial charge in [0.1, 0.15) is 29.6 Å². The first-order valence-corrected chi connectivity index (χ1v) is 9.36. The zero-order valence-electron chi connectivity index (χ0n) is 14.8. The summed E-state index contributed by atoms with van der Waals surface area (Å²) in [5.41, 5.74) is 1.26. The van der Waals surface area contributed by atoms with Crippen LogP contribution < -0.4 is 10.6 Å². The number of anilines is 3. The fourth-order valence-corrected chi connectivity index (χ4v) is 3.42. The topological polar surface area (TPSA) is 78.5 Å². The minimum atomic E-state index is -0.608. The van der Waals surface area contributed by atoms with Crippen molar-refractivity contribution in [2.45, 2.75) is 13.0 Å². The maximum Gasteiger partial charge on any atom is 0.153 e. The summed E-state index contributed by atoms with van der Waals surface area (Å²) < 4.78 is 27.0. The Hall–Kier alpha value is -3.33. The molecule has 0 aliphatic heterocycles. The summed E-state index contributed by atoms with van der Waals surface area (Å²) in [6.45, 7) is 1.77. The van der Waals surface area contributed by atoms with E-state index in [0.717, 1.165) is 16.6 Å². The van der Waals surface area contributed by atoms with Crippen LogP contribution in [0.4, 0.5) is 26.2 Å². The number of hydrogen-bond acceptors (Lipinski definition) is 6. The molecule has 0 saturated carbocycles. The largest absolute Gasteiger partial charge is 0.363 e. The van der Waals surface area contributed by atoms with Gasteiger partial charge in [-0.15, -0.1) is 11.3 Å². The maximum atomic E-state index is 14.0. The second-order valence-electron chi connectivity index (χ2n) is 6.09. The van der Waals surface area contributed by atoms with Crippen LogP contribution in [0.15, 0.2) is 54.2 Å². The Labute approximate surface area is 163 Å². The second kappa shape index (κ2) is 7.73. The molecule has 0 fully saturated rings. The van der Waals surface area contributed by atoms with Crippen molar-refractivity contribution in [3.8, 4) is 10.6 Å². The van der Waals surface area contributed by atoms with Crippen LogP contribution in [0, 0.1) is 11.6 Å². The third-order valence-corrected chi connectivity index (χ3v) is 4.98. The number of aromatic nitrogens is 4. The molecule has 0 aliphatic carbocycles. The molecule has 0 amide bonds. The summed E-state index contributed by atoms with van der Waals surface area (Å²) in [6.07, 6.45) is 1.39. The highest BCUT2D eigenvalue weighted by atomic mass is 32.1. The van der Waals surface area contributed by atoms with Crippen LogP contribution in [0.2, 0.25) is 0 Å². The highest BCUT2D eigenvalue weighted by Gasteiger charge is 2.13. The second-order valence-corrected chi connectivity index (χ2v) is 7.04. The van der Waals surface area contributed by atoms with E-state index in [-0.39, 0.29) is 0 Å². The van der Waals surface area contributed by atoms with E-state index in [9.17, 15) is 8.78 Å². The van der Waals surface area contributed by atoms with E-state index in [1.54, 1.807) is 24.3 Å². The highest BCUT2D eigenvalue weighted by molar-refractivity contribution is 7.13. The Morgan fingerprint density at radius 3 is 2.68 bits per heavy atom. The Balaban J connectivity index is 1.47. The van der Waals surface area contributed by atoms with Crippen molar-refractivity contribution in [3.63, 3.8) is 0 Å². The molecule has 4 aromatic rings. The fraction of sp³-hybridized carbons (Fsp3) is 0.105. The van der Waals surface area contributed by atoms with Crippen LogP contribution in [0.3, 0.4) is 0 Å². The van der Waals surface area contributed by atoms with Gasteiger partial charge in [0.2, 0.25) is 0 Å². The molecule has 28 heavy (non-hydrogen) atoms. The highest BCUT2D eigenvalue weighted by Crippen LogP contribution is 2.26. The molecule has 1 aromatic carbocycles. The molecule has 9 heteroatoms. The zero-order valence-corrected chi connectivity index (χ0v) is 15.6. The van der Waals surface area contributed by atoms with Crippen molar-refractivity contribution in [2.75, 3.05) is 10.6 Å². The van der Waals surface area contributed by atoms with Gasteiger partial charge in [0, 0.05) is 23.8 Å². The van der Waals surface area contributed by atoms with E-state index in [0.29, 0.717) is 23.0 Å². The van der Waals surface area contributed by atoms with Gasteiger partial charge in [-0.25, -0.2) is 18.7 Å². The third-order valence-electron chi connectivity index (χ3n) is 4.08. The summed E-state index contributed by atoms with van der Waals surface area (Å²) in [5, 5.41) is 15.4. The molecular formula is C19H16F2N6S. The Bertz CT molecular complexity index is 1080. The Morgan fingerprint density at radius 1 is 1.04 bits per heavy atom. The molecule has 1 atom stereocenters. The molecular weight excluding hydrogens is 382 g/mol. The monoisotopic (exact) mass is 398 g/mol. The summed E-state index contributed by atoms with van der Waals surface area (Å²) in [6, 6.07) is 10.7. The number of halogens is 2. The molecule has 0 saturated heterocycles. The minimum absolute atomic E-state index is 0.349. The molecule has 0 aliphatic rings. The van der Waals surface area contributed by atoms with Crippen molar-refractivity contribution in [1.82, 2.24) is 20.2 Å². The van der Waals surface area contributed by atoms with E-state index in [2.05, 4.69) is 30.8 Å². The molecule has 3 heterocycles. The van der Waals surface area contributed by atoms with Gasteiger partial charge in [-0.3, -0.25) is 5.10 Å². The Morgan fingerprint density at radius 2 is 1.89 bits per heavy atom. The standard InChI is InChI=1S/C19H16F2N6S/c1-11(13-5-4-12(20)7-14(13)21)24-17-9-18(23-10-22-17)25-19-8-15(26-27-19)16-3-2-6-28-16/h2-11H,1H3,(H3,22,23,24,25,26,27). The average molecular weight is 398 g/mol. The molecule has 0 radical (unpaired) electrons. The van der Waals surface area contributed by atoms with Crippen molar-refractivity contribution < 1.29 is 8.78 Å². The van der Waals surface area contributed by atoms with Crippen LogP contribution >= 0.6 is 11.3 Å². The summed E-state index contributed by atoms with van der Waals surface area (Å²) in [5.74, 6) is 0.440. The van der Waals surface area contributed by atoms with Crippen molar-refractivity contribution in [3.05, 3.63) is 71.4 Å². The predicted molar refractivity (Wildman–Crippen MR) is 106 cm³/mol. The van der Waals surface area contributed by atoms with E-state index in [1.807, 2.05) is 23.6 Å². The molecule has 0 bridgehead atoms. The van der Waals surface area contributed by atoms with Gasteiger partial charge in [0.25, 0.3) is 0 Å². The number of nitrogens with zero attached hydrogens (tertiary/aromatic N) is 3. The zero-order chi connectivity index (χ0) is 19.5. The van der Waals surface area contributed by atoms with Crippen LogP contribution in [-0.4, -0.2) is 20.2 Å². The first-order valence-electron chi connectivity index (χ1n) is 8.48. The number of benzene rings is 1. The smallest absolute Gasteiger partial charge is 0.153 e. The minimum Gasteiger partial charge on any atom is -0.363 e. The number of hydrogen-bond donors (Lipinski definition) is 3. The number of H-pyrrole nitrogens is 1. The molecule has 6 nitrogen and oxygen atoms in total. The van der Waals surface area contributed by atoms with E-state index in [1.165, 1.54) is 18.5 Å². The summed E-state index contributed by atoms with van der Waals surface area (Å²) in [7, 11) is 0. The molecule has 3 N–H and O–H groups in total. The average Bonchev–Trinajstić information content (AvgIpc) is 3.33. The number of rotatable bonds is 6. The van der Waals surface area contributed by atoms with Gasteiger partial charge in [0.15, 0.2) is 5.82 Å². The lowest BCUT2D eigenvalue weighted by atomic mass is 10.1. The lowest BCUT2D eigenvalue weighted by Gasteiger charge is -2.16. The van der Waals surface area contributed by atoms with Gasteiger partial charge < -0.3 is 10.6 Å². The van der Waals surface area contributed by atoms with E-state index >= 15 is 0 Å². The van der Waals surface area contributed by atoms with Crippen LogP contribution in [-0.2, 0) is 0 Å². The number of aromatic amines is 1. The number of thiophene rings is 1. The lowest BCUT2D eigenvalue weighted by molar-refractivity contribution is 0.566. The molecule has 3 aromatic heterocycles. The van der Waals surface area contributed by atoms with Crippen LogP contribution in [0.5, 0.6) is 0 Å². The summed E-state index contributed by atoms with van der Waals surface area (Å²) in [4.78, 5) is 9.42. The van der Waals surface area contributed by atoms with Crippen molar-refractivity contribution >= 4 is 28.8 Å². The van der Waals surface area contributed by atoms with Gasteiger partial charge in [-0.1, -0.05) is 12.1 Å². The first kappa shape index (κ1) is 18.1. The molecule has 142 valence electrons. The molecule has 4 rings (SSSR count). The SMILES string of the molecule is CC(Nc1cc(Nc2cc(-c3cccs3)[nH]n2)ncn1)c1ccc(F)cc1F. The predicted octanol–water partition coefficient (Wildman–Crippen LogP) is 5.12. The van der Waals surface area contributed by atoms with Crippen LogP contribution in [0.25, 0.3) is 10.6 Å². The fourth-order valence-electron chi connectivity index (χ4n) is 2.73. The Kier molecular flexibility index (Phi) is 4.98. The van der Waals surface area contributed by atoms with E-state index in [4.69, 9.17) is 0 Å². The van der Waals surface area contributed by atoms with Crippen molar-refractivity contribution in [1.29, 1.82) is 0 Å². The van der Waals surface area contributed by atoms with Crippen molar-refractivity contribution in [2.24, 2.45) is 0 Å². The van der Waals surface area contributed by atoms with Gasteiger partial charge >= 0.3 is 0 Å². The van der Waals surface area contributed by atoms with Crippen LogP contribution in [0.1, 0.15) is 18.5 Å². The van der Waals surface area contributed by atoms with Gasteiger partial charge in [-0.05, 0) is 24.4 Å². The maximum absolute atomic E-state index is 14.0. The van der Waals surface area contributed by atoms with E-state index < -0.39 is 17.7 Å². The molecule has 1 unspecified atom stereocenters. The first-order chi connectivity index (χ1) is 13.6. The van der Waals surface area contributed by atoms with Gasteiger partial charge in [0.05, 0.1) is 16.6 Å². The normalized spacial score (nSPS) is 12.0. The lowest BCUT2D eigenvalue weighted by Crippen LogP contribution is -2.10.